The molecule has 0 amide bonds. The number of carbonyl (C=O) groups excluding carboxylic acids is 1. The fourth-order valence-corrected chi connectivity index (χ4v) is 2.86. The standard InChI is InChI=1S/C22H32N2O2/c1-8-22(5,6)19-14-18(21(2,3)4)23-24(19)15-16-10-9-11-17(13-12-16)20(25)26-7/h9-10,12-14H,8,11,15H2,1-7H3. The van der Waals surface area contributed by atoms with E-state index in [0.717, 1.165) is 17.7 Å². The highest BCUT2D eigenvalue weighted by atomic mass is 16.5. The number of hydrogen-bond donors (Lipinski definition) is 0. The van der Waals surface area contributed by atoms with Crippen molar-refractivity contribution in [3.63, 3.8) is 0 Å². The molecule has 26 heavy (non-hydrogen) atoms. The third kappa shape index (κ3) is 4.54. The molecule has 0 saturated carbocycles. The Hall–Kier alpha value is -2.10. The van der Waals surface area contributed by atoms with Gasteiger partial charge < -0.3 is 4.74 Å². The molecule has 1 heterocycles. The third-order valence-corrected chi connectivity index (χ3v) is 5.07. The maximum absolute atomic E-state index is 11.8. The van der Waals surface area contributed by atoms with E-state index < -0.39 is 0 Å². The molecule has 1 aromatic rings. The molecular formula is C22H32N2O2. The van der Waals surface area contributed by atoms with Crippen molar-refractivity contribution < 1.29 is 9.53 Å². The van der Waals surface area contributed by atoms with Crippen LogP contribution in [0.2, 0.25) is 0 Å². The van der Waals surface area contributed by atoms with Gasteiger partial charge in [0.1, 0.15) is 0 Å². The summed E-state index contributed by atoms with van der Waals surface area (Å²) in [5.41, 5.74) is 4.22. The van der Waals surface area contributed by atoms with Gasteiger partial charge in [-0.15, -0.1) is 0 Å². The Balaban J connectivity index is 2.39. The van der Waals surface area contributed by atoms with Crippen molar-refractivity contribution >= 4 is 5.97 Å². The van der Waals surface area contributed by atoms with Crippen LogP contribution in [-0.2, 0) is 26.9 Å². The van der Waals surface area contributed by atoms with Crippen LogP contribution in [0.3, 0.4) is 0 Å². The topological polar surface area (TPSA) is 44.1 Å². The van der Waals surface area contributed by atoms with Gasteiger partial charge in [0.15, 0.2) is 0 Å². The zero-order valence-electron chi connectivity index (χ0n) is 17.2. The van der Waals surface area contributed by atoms with Crippen LogP contribution in [0.5, 0.6) is 0 Å². The SMILES string of the molecule is CCC(C)(C)c1cc(C(C)(C)C)nn1CC1=CC=C(C(=O)OC)CC=C1. The average molecular weight is 357 g/mol. The number of rotatable bonds is 5. The lowest BCUT2D eigenvalue weighted by Crippen LogP contribution is -2.21. The van der Waals surface area contributed by atoms with Gasteiger partial charge in [-0.3, -0.25) is 4.68 Å². The lowest BCUT2D eigenvalue weighted by Gasteiger charge is -2.24. The zero-order chi connectivity index (χ0) is 19.5. The summed E-state index contributed by atoms with van der Waals surface area (Å²) < 4.78 is 6.95. The first kappa shape index (κ1) is 20.2. The number of aromatic nitrogens is 2. The number of ether oxygens (including phenoxy) is 1. The van der Waals surface area contributed by atoms with Gasteiger partial charge in [-0.2, -0.15) is 5.10 Å². The van der Waals surface area contributed by atoms with Crippen LogP contribution in [0.25, 0.3) is 0 Å². The summed E-state index contributed by atoms with van der Waals surface area (Å²) in [7, 11) is 1.42. The number of hydrogen-bond acceptors (Lipinski definition) is 3. The van der Waals surface area contributed by atoms with Gasteiger partial charge in [0.2, 0.25) is 0 Å². The number of esters is 1. The van der Waals surface area contributed by atoms with Crippen molar-refractivity contribution in [1.82, 2.24) is 9.78 Å². The molecule has 0 aromatic carbocycles. The summed E-state index contributed by atoms with van der Waals surface area (Å²) in [6.45, 7) is 14.0. The molecule has 0 spiro atoms. The van der Waals surface area contributed by atoms with Crippen LogP contribution in [-0.4, -0.2) is 22.9 Å². The Morgan fingerprint density at radius 1 is 1.23 bits per heavy atom. The Bertz CT molecular complexity index is 756. The lowest BCUT2D eigenvalue weighted by molar-refractivity contribution is -0.136. The van der Waals surface area contributed by atoms with Crippen molar-refractivity contribution in [3.05, 3.63) is 52.9 Å². The van der Waals surface area contributed by atoms with Gasteiger partial charge in [0.05, 0.1) is 19.3 Å². The van der Waals surface area contributed by atoms with Gasteiger partial charge in [-0.25, -0.2) is 4.79 Å². The maximum Gasteiger partial charge on any atom is 0.334 e. The van der Waals surface area contributed by atoms with Gasteiger partial charge in [0.25, 0.3) is 0 Å². The fraction of sp³-hybridized carbons (Fsp3) is 0.545. The Morgan fingerprint density at radius 2 is 1.92 bits per heavy atom. The third-order valence-electron chi connectivity index (χ3n) is 5.07. The monoisotopic (exact) mass is 356 g/mol. The lowest BCUT2D eigenvalue weighted by atomic mass is 9.84. The van der Waals surface area contributed by atoms with Crippen LogP contribution < -0.4 is 0 Å². The van der Waals surface area contributed by atoms with E-state index in [-0.39, 0.29) is 16.8 Å². The van der Waals surface area contributed by atoms with Gasteiger partial charge in [-0.1, -0.05) is 65.8 Å². The summed E-state index contributed by atoms with van der Waals surface area (Å²) >= 11 is 0. The minimum Gasteiger partial charge on any atom is -0.466 e. The van der Waals surface area contributed by atoms with E-state index in [0.29, 0.717) is 18.5 Å². The highest BCUT2D eigenvalue weighted by molar-refractivity contribution is 5.89. The smallest absolute Gasteiger partial charge is 0.334 e. The second-order valence-corrected chi connectivity index (χ2v) is 8.59. The molecule has 4 heteroatoms. The first-order valence-electron chi connectivity index (χ1n) is 9.32. The summed E-state index contributed by atoms with van der Waals surface area (Å²) in [6.07, 6.45) is 9.58. The van der Waals surface area contributed by atoms with Crippen molar-refractivity contribution in [3.8, 4) is 0 Å². The number of nitrogens with zero attached hydrogens (tertiary/aromatic N) is 2. The first-order chi connectivity index (χ1) is 12.1. The molecule has 142 valence electrons. The maximum atomic E-state index is 11.8. The molecule has 1 aromatic heterocycles. The number of methoxy groups -OCH3 is 1. The van der Waals surface area contributed by atoms with E-state index in [9.17, 15) is 4.79 Å². The van der Waals surface area contributed by atoms with Crippen LogP contribution in [0.4, 0.5) is 0 Å². The molecule has 1 aliphatic carbocycles. The molecule has 0 radical (unpaired) electrons. The van der Waals surface area contributed by atoms with Crippen LogP contribution in [0.15, 0.2) is 41.5 Å². The molecule has 0 bridgehead atoms. The predicted octanol–water partition coefficient (Wildman–Crippen LogP) is 4.85. The Labute approximate surface area is 157 Å². The Morgan fingerprint density at radius 3 is 2.50 bits per heavy atom. The second-order valence-electron chi connectivity index (χ2n) is 8.59. The molecular weight excluding hydrogens is 324 g/mol. The zero-order valence-corrected chi connectivity index (χ0v) is 17.2. The minimum atomic E-state index is -0.269. The van der Waals surface area contributed by atoms with E-state index in [1.54, 1.807) is 0 Å². The van der Waals surface area contributed by atoms with E-state index in [2.05, 4.69) is 58.4 Å². The molecule has 0 N–H and O–H groups in total. The van der Waals surface area contributed by atoms with Gasteiger partial charge >= 0.3 is 5.97 Å². The normalized spacial score (nSPS) is 15.3. The quantitative estimate of drug-likeness (QED) is 0.708. The summed E-state index contributed by atoms with van der Waals surface area (Å²) in [6, 6.07) is 2.25. The molecule has 4 nitrogen and oxygen atoms in total. The van der Waals surface area contributed by atoms with Crippen molar-refractivity contribution in [2.45, 2.75) is 71.8 Å². The molecule has 0 unspecified atom stereocenters. The van der Waals surface area contributed by atoms with Crippen LogP contribution in [0.1, 0.15) is 65.8 Å². The summed E-state index contributed by atoms with van der Waals surface area (Å²) in [4.78, 5) is 11.8. The van der Waals surface area contributed by atoms with Crippen molar-refractivity contribution in [2.24, 2.45) is 0 Å². The highest BCUT2D eigenvalue weighted by Crippen LogP contribution is 2.31. The molecule has 0 fully saturated rings. The minimum absolute atomic E-state index is 0.00938. The van der Waals surface area contributed by atoms with Gasteiger partial charge in [0, 0.05) is 22.1 Å². The number of allylic oxidation sites excluding steroid dienone is 5. The first-order valence-corrected chi connectivity index (χ1v) is 9.32. The molecule has 0 atom stereocenters. The largest absolute Gasteiger partial charge is 0.466 e. The van der Waals surface area contributed by atoms with E-state index in [4.69, 9.17) is 9.84 Å². The molecule has 1 aliphatic rings. The van der Waals surface area contributed by atoms with Crippen LogP contribution in [0, 0.1) is 0 Å². The highest BCUT2D eigenvalue weighted by Gasteiger charge is 2.28. The summed E-state index contributed by atoms with van der Waals surface area (Å²) in [5, 5.41) is 4.92. The van der Waals surface area contributed by atoms with E-state index in [1.165, 1.54) is 12.8 Å². The molecule has 0 saturated heterocycles. The number of carbonyl (C=O) groups is 1. The van der Waals surface area contributed by atoms with Crippen LogP contribution >= 0.6 is 0 Å². The van der Waals surface area contributed by atoms with Gasteiger partial charge in [-0.05, 0) is 24.5 Å². The van der Waals surface area contributed by atoms with Crippen molar-refractivity contribution in [2.75, 3.05) is 7.11 Å². The average Bonchev–Trinajstić information content (AvgIpc) is 2.88. The van der Waals surface area contributed by atoms with E-state index >= 15 is 0 Å². The predicted molar refractivity (Wildman–Crippen MR) is 106 cm³/mol. The van der Waals surface area contributed by atoms with Crippen molar-refractivity contribution in [1.29, 1.82) is 0 Å². The Kier molecular flexibility index (Phi) is 5.94. The van der Waals surface area contributed by atoms with E-state index in [1.807, 2.05) is 18.2 Å². The fourth-order valence-electron chi connectivity index (χ4n) is 2.86. The second kappa shape index (κ2) is 7.65. The molecule has 0 aliphatic heterocycles. The molecule has 2 rings (SSSR count). The summed E-state index contributed by atoms with van der Waals surface area (Å²) in [5.74, 6) is -0.269.